The van der Waals surface area contributed by atoms with Gasteiger partial charge in [0.25, 0.3) is 0 Å². The van der Waals surface area contributed by atoms with Crippen LogP contribution in [0.5, 0.6) is 0 Å². The Kier molecular flexibility index (Phi) is 3.55. The van der Waals surface area contributed by atoms with Crippen molar-refractivity contribution >= 4 is 11.8 Å². The van der Waals surface area contributed by atoms with Crippen LogP contribution in [-0.4, -0.2) is 36.1 Å². The van der Waals surface area contributed by atoms with Gasteiger partial charge in [-0.2, -0.15) is 4.98 Å². The Hall–Kier alpha value is -1.36. The highest BCUT2D eigenvalue weighted by Crippen LogP contribution is 2.27. The van der Waals surface area contributed by atoms with Crippen LogP contribution in [0.15, 0.2) is 0 Å². The van der Waals surface area contributed by atoms with Crippen molar-refractivity contribution in [2.24, 2.45) is 5.92 Å². The van der Waals surface area contributed by atoms with Crippen LogP contribution in [-0.2, 0) is 12.8 Å². The summed E-state index contributed by atoms with van der Waals surface area (Å²) in [5, 5.41) is 3.42. The molecule has 0 unspecified atom stereocenters. The van der Waals surface area contributed by atoms with E-state index in [-0.39, 0.29) is 0 Å². The van der Waals surface area contributed by atoms with E-state index in [1.807, 2.05) is 0 Å². The summed E-state index contributed by atoms with van der Waals surface area (Å²) in [5.74, 6) is 2.35. The summed E-state index contributed by atoms with van der Waals surface area (Å²) in [6.45, 7) is 6.52. The molecule has 0 atom stereocenters. The van der Waals surface area contributed by atoms with E-state index < -0.39 is 0 Å². The van der Waals surface area contributed by atoms with Gasteiger partial charge in [0, 0.05) is 31.6 Å². The van der Waals surface area contributed by atoms with Crippen molar-refractivity contribution in [3.63, 3.8) is 0 Å². The number of piperidine rings is 1. The van der Waals surface area contributed by atoms with Gasteiger partial charge in [0.05, 0.1) is 5.69 Å². The summed E-state index contributed by atoms with van der Waals surface area (Å²) >= 11 is 0. The normalized spacial score (nSPS) is 21.0. The molecule has 1 aromatic heterocycles. The molecule has 3 rings (SSSR count). The van der Waals surface area contributed by atoms with Gasteiger partial charge in [-0.25, -0.2) is 4.98 Å². The van der Waals surface area contributed by atoms with Crippen LogP contribution >= 0.6 is 0 Å². The lowest BCUT2D eigenvalue weighted by Gasteiger charge is -2.32. The summed E-state index contributed by atoms with van der Waals surface area (Å²) in [7, 11) is 0. The lowest BCUT2D eigenvalue weighted by atomic mass is 9.98. The van der Waals surface area contributed by atoms with Gasteiger partial charge in [-0.15, -0.1) is 0 Å². The predicted octanol–water partition coefficient (Wildman–Crippen LogP) is 0.983. The second-order valence-electron chi connectivity index (χ2n) is 5.75. The molecular weight excluding hydrogens is 238 g/mol. The topological polar surface area (TPSA) is 67.1 Å². The van der Waals surface area contributed by atoms with Gasteiger partial charge in [0.1, 0.15) is 5.82 Å². The van der Waals surface area contributed by atoms with Crippen LogP contribution < -0.4 is 16.0 Å². The number of hydrogen-bond acceptors (Lipinski definition) is 5. The van der Waals surface area contributed by atoms with Crippen molar-refractivity contribution in [2.45, 2.75) is 32.6 Å². The Morgan fingerprint density at radius 3 is 2.68 bits per heavy atom. The predicted molar refractivity (Wildman–Crippen MR) is 77.3 cm³/mol. The first kappa shape index (κ1) is 12.7. The largest absolute Gasteiger partial charge is 0.368 e. The molecule has 0 aromatic carbocycles. The minimum atomic E-state index is 0.425. The van der Waals surface area contributed by atoms with Crippen LogP contribution in [0.3, 0.4) is 0 Å². The Balaban J connectivity index is 1.93. The smallest absolute Gasteiger partial charge is 0.222 e. The molecule has 0 amide bonds. The average molecular weight is 261 g/mol. The summed E-state index contributed by atoms with van der Waals surface area (Å²) in [4.78, 5) is 11.4. The van der Waals surface area contributed by atoms with Gasteiger partial charge in [-0.3, -0.25) is 0 Å². The molecule has 0 saturated carbocycles. The molecule has 0 bridgehead atoms. The first-order valence-electron chi connectivity index (χ1n) is 7.35. The van der Waals surface area contributed by atoms with E-state index >= 15 is 0 Å². The Labute approximate surface area is 114 Å². The Bertz CT molecular complexity index is 451. The zero-order valence-electron chi connectivity index (χ0n) is 11.7. The lowest BCUT2D eigenvalue weighted by molar-refractivity contribution is 0.436. The quantitative estimate of drug-likeness (QED) is 0.789. The number of fused-ring (bicyclic) bond motifs is 1. The summed E-state index contributed by atoms with van der Waals surface area (Å²) in [6.07, 6.45) is 4.46. The molecule has 0 radical (unpaired) electrons. The molecule has 104 valence electrons. The zero-order valence-corrected chi connectivity index (χ0v) is 11.7. The molecule has 3 N–H and O–H groups in total. The van der Waals surface area contributed by atoms with Crippen LogP contribution in [0.4, 0.5) is 11.8 Å². The number of hydrogen-bond donors (Lipinski definition) is 2. The number of nitrogen functional groups attached to an aromatic ring is 1. The molecule has 19 heavy (non-hydrogen) atoms. The fourth-order valence-corrected chi connectivity index (χ4v) is 3.03. The van der Waals surface area contributed by atoms with Crippen molar-refractivity contribution < 1.29 is 0 Å². The Morgan fingerprint density at radius 1 is 1.16 bits per heavy atom. The summed E-state index contributed by atoms with van der Waals surface area (Å²) < 4.78 is 0. The highest BCUT2D eigenvalue weighted by Gasteiger charge is 2.23. The fourth-order valence-electron chi connectivity index (χ4n) is 3.03. The monoisotopic (exact) mass is 261 g/mol. The van der Waals surface area contributed by atoms with Gasteiger partial charge in [-0.1, -0.05) is 6.92 Å². The van der Waals surface area contributed by atoms with Crippen LogP contribution in [0, 0.1) is 5.92 Å². The van der Waals surface area contributed by atoms with E-state index in [9.17, 15) is 0 Å². The maximum Gasteiger partial charge on any atom is 0.222 e. The number of nitrogens with two attached hydrogens (primary N) is 1. The third-order valence-corrected chi connectivity index (χ3v) is 4.26. The molecule has 2 aliphatic rings. The van der Waals surface area contributed by atoms with E-state index in [2.05, 4.69) is 27.1 Å². The number of aromatic nitrogens is 2. The molecule has 1 fully saturated rings. The highest BCUT2D eigenvalue weighted by molar-refractivity contribution is 5.53. The van der Waals surface area contributed by atoms with Gasteiger partial charge in [-0.05, 0) is 31.7 Å². The van der Waals surface area contributed by atoms with Crippen LogP contribution in [0.25, 0.3) is 0 Å². The second kappa shape index (κ2) is 5.33. The Morgan fingerprint density at radius 2 is 1.89 bits per heavy atom. The maximum atomic E-state index is 5.90. The van der Waals surface area contributed by atoms with E-state index in [0.717, 1.165) is 56.5 Å². The second-order valence-corrected chi connectivity index (χ2v) is 5.75. The molecular formula is C14H23N5. The number of nitrogens with zero attached hydrogens (tertiary/aromatic N) is 3. The third-order valence-electron chi connectivity index (χ3n) is 4.26. The standard InChI is InChI=1S/C14H23N5/c1-10-4-8-19(9-5-10)13-11-2-6-16-7-3-12(11)17-14(15)18-13/h10,16H,2-9H2,1H3,(H2,15,17,18). The molecule has 5 heteroatoms. The van der Waals surface area contributed by atoms with Gasteiger partial charge >= 0.3 is 0 Å². The zero-order chi connectivity index (χ0) is 13.2. The van der Waals surface area contributed by atoms with Crippen molar-refractivity contribution in [1.82, 2.24) is 15.3 Å². The summed E-state index contributed by atoms with van der Waals surface area (Å²) in [5.41, 5.74) is 8.36. The lowest BCUT2D eigenvalue weighted by Crippen LogP contribution is -2.34. The van der Waals surface area contributed by atoms with E-state index in [1.54, 1.807) is 0 Å². The molecule has 5 nitrogen and oxygen atoms in total. The van der Waals surface area contributed by atoms with Gasteiger partial charge < -0.3 is 16.0 Å². The van der Waals surface area contributed by atoms with E-state index in [1.165, 1.54) is 18.4 Å². The van der Waals surface area contributed by atoms with E-state index in [0.29, 0.717) is 5.95 Å². The van der Waals surface area contributed by atoms with Crippen molar-refractivity contribution in [1.29, 1.82) is 0 Å². The van der Waals surface area contributed by atoms with Crippen molar-refractivity contribution in [2.75, 3.05) is 36.8 Å². The van der Waals surface area contributed by atoms with Crippen molar-refractivity contribution in [3.05, 3.63) is 11.3 Å². The highest BCUT2D eigenvalue weighted by atomic mass is 15.2. The molecule has 1 saturated heterocycles. The molecule has 0 aliphatic carbocycles. The molecule has 3 heterocycles. The number of rotatable bonds is 1. The molecule has 1 aromatic rings. The van der Waals surface area contributed by atoms with Crippen molar-refractivity contribution in [3.8, 4) is 0 Å². The van der Waals surface area contributed by atoms with Gasteiger partial charge in [0.2, 0.25) is 5.95 Å². The SMILES string of the molecule is CC1CCN(c2nc(N)nc3c2CCNCC3)CC1. The molecule has 0 spiro atoms. The first-order valence-corrected chi connectivity index (χ1v) is 7.35. The van der Waals surface area contributed by atoms with E-state index in [4.69, 9.17) is 5.73 Å². The number of anilines is 2. The van der Waals surface area contributed by atoms with Gasteiger partial charge in [0.15, 0.2) is 0 Å². The van der Waals surface area contributed by atoms with Crippen LogP contribution in [0.2, 0.25) is 0 Å². The van der Waals surface area contributed by atoms with Crippen LogP contribution in [0.1, 0.15) is 31.0 Å². The minimum Gasteiger partial charge on any atom is -0.368 e. The third kappa shape index (κ3) is 2.66. The maximum absolute atomic E-state index is 5.90. The molecule has 2 aliphatic heterocycles. The summed E-state index contributed by atoms with van der Waals surface area (Å²) in [6, 6.07) is 0. The average Bonchev–Trinajstić information content (AvgIpc) is 2.64. The first-order chi connectivity index (χ1) is 9.24. The minimum absolute atomic E-state index is 0.425. The fraction of sp³-hybridized carbons (Fsp3) is 0.714. The number of nitrogens with one attached hydrogen (secondary N) is 1.